The minimum absolute atomic E-state index is 0.0714. The highest BCUT2D eigenvalue weighted by Gasteiger charge is 2.13. The minimum Gasteiger partial charge on any atom is -0.488 e. The summed E-state index contributed by atoms with van der Waals surface area (Å²) >= 11 is 6.39. The average molecular weight is 279 g/mol. The molecule has 3 nitrogen and oxygen atoms in total. The molecule has 19 heavy (non-hydrogen) atoms. The average Bonchev–Trinajstić information content (AvgIpc) is 2.80. The smallest absolute Gasteiger partial charge is 0.120 e. The lowest BCUT2D eigenvalue weighted by Gasteiger charge is -2.21. The van der Waals surface area contributed by atoms with E-state index in [0.717, 1.165) is 11.3 Å². The Labute approximate surface area is 119 Å². The summed E-state index contributed by atoms with van der Waals surface area (Å²) in [5.41, 5.74) is 0.898. The van der Waals surface area contributed by atoms with Crippen molar-refractivity contribution >= 4 is 11.6 Å². The highest BCUT2D eigenvalue weighted by molar-refractivity contribution is 6.20. The van der Waals surface area contributed by atoms with Gasteiger partial charge in [0, 0.05) is 18.9 Å². The van der Waals surface area contributed by atoms with Crippen LogP contribution in [0.25, 0.3) is 0 Å². The van der Waals surface area contributed by atoms with E-state index < -0.39 is 0 Å². The molecule has 0 spiro atoms. The van der Waals surface area contributed by atoms with E-state index >= 15 is 0 Å². The van der Waals surface area contributed by atoms with Gasteiger partial charge in [0.2, 0.25) is 0 Å². The van der Waals surface area contributed by atoms with Gasteiger partial charge < -0.3 is 9.30 Å². The molecule has 2 aromatic rings. The van der Waals surface area contributed by atoms with Crippen molar-refractivity contribution in [2.45, 2.75) is 38.3 Å². The molecule has 0 saturated heterocycles. The molecule has 1 aromatic carbocycles. The van der Waals surface area contributed by atoms with Crippen LogP contribution >= 0.6 is 11.6 Å². The predicted octanol–water partition coefficient (Wildman–Crippen LogP) is 4.04. The van der Waals surface area contributed by atoms with Crippen LogP contribution in [0.2, 0.25) is 0 Å². The zero-order valence-corrected chi connectivity index (χ0v) is 12.3. The Hall–Kier alpha value is -1.48. The molecule has 0 fully saturated rings. The van der Waals surface area contributed by atoms with Crippen LogP contribution in [-0.4, -0.2) is 15.2 Å². The highest BCUT2D eigenvalue weighted by Crippen LogP contribution is 2.26. The molecule has 1 aromatic heterocycles. The van der Waals surface area contributed by atoms with Crippen molar-refractivity contribution in [3.8, 4) is 5.75 Å². The first kappa shape index (κ1) is 13.9. The van der Waals surface area contributed by atoms with Gasteiger partial charge in [0.05, 0.1) is 11.7 Å². The number of halogens is 1. The quantitative estimate of drug-likeness (QED) is 0.789. The second-order valence-corrected chi connectivity index (χ2v) is 6.04. The van der Waals surface area contributed by atoms with Crippen molar-refractivity contribution in [1.82, 2.24) is 9.55 Å². The molecule has 1 unspecified atom stereocenters. The lowest BCUT2D eigenvalue weighted by molar-refractivity contribution is 0.131. The Balaban J connectivity index is 2.01. The van der Waals surface area contributed by atoms with Crippen molar-refractivity contribution in [2.24, 2.45) is 0 Å². The topological polar surface area (TPSA) is 27.1 Å². The first-order valence-corrected chi connectivity index (χ1v) is 6.76. The van der Waals surface area contributed by atoms with Crippen molar-refractivity contribution in [3.63, 3.8) is 0 Å². The number of hydrogen-bond acceptors (Lipinski definition) is 2. The molecule has 2 rings (SSSR count). The zero-order chi connectivity index (χ0) is 13.9. The van der Waals surface area contributed by atoms with Gasteiger partial charge in [-0.05, 0) is 38.5 Å². The third kappa shape index (κ3) is 4.28. The molecule has 0 aliphatic heterocycles. The molecule has 0 N–H and O–H groups in total. The van der Waals surface area contributed by atoms with Gasteiger partial charge in [-0.2, -0.15) is 0 Å². The molecule has 0 aliphatic rings. The van der Waals surface area contributed by atoms with Gasteiger partial charge in [0.15, 0.2) is 0 Å². The highest BCUT2D eigenvalue weighted by atomic mass is 35.5. The van der Waals surface area contributed by atoms with Crippen LogP contribution in [-0.2, 0) is 6.54 Å². The Morgan fingerprint density at radius 3 is 2.47 bits per heavy atom. The normalized spacial score (nSPS) is 13.3. The summed E-state index contributed by atoms with van der Waals surface area (Å²) in [5, 5.41) is -0.0714. The van der Waals surface area contributed by atoms with Crippen LogP contribution < -0.4 is 4.74 Å². The van der Waals surface area contributed by atoms with Gasteiger partial charge in [-0.1, -0.05) is 12.1 Å². The van der Waals surface area contributed by atoms with E-state index in [1.54, 1.807) is 12.5 Å². The summed E-state index contributed by atoms with van der Waals surface area (Å²) in [5.74, 6) is 0.864. The zero-order valence-electron chi connectivity index (χ0n) is 11.5. The lowest BCUT2D eigenvalue weighted by atomic mass is 10.1. The molecule has 1 atom stereocenters. The number of imidazole rings is 1. The maximum Gasteiger partial charge on any atom is 0.120 e. The predicted molar refractivity (Wildman–Crippen MR) is 77.6 cm³/mol. The molecule has 0 saturated carbocycles. The molecule has 0 amide bonds. The maximum absolute atomic E-state index is 6.39. The Bertz CT molecular complexity index is 500. The second-order valence-electron chi connectivity index (χ2n) is 5.51. The van der Waals surface area contributed by atoms with Crippen LogP contribution in [0.15, 0.2) is 43.0 Å². The fourth-order valence-corrected chi connectivity index (χ4v) is 2.09. The molecule has 1 heterocycles. The van der Waals surface area contributed by atoms with Crippen molar-refractivity contribution < 1.29 is 4.74 Å². The fourth-order valence-electron chi connectivity index (χ4n) is 1.78. The Morgan fingerprint density at radius 2 is 1.95 bits per heavy atom. The second kappa shape index (κ2) is 5.66. The monoisotopic (exact) mass is 278 g/mol. The summed E-state index contributed by atoms with van der Waals surface area (Å²) in [7, 11) is 0. The van der Waals surface area contributed by atoms with Crippen LogP contribution in [0.4, 0.5) is 0 Å². The van der Waals surface area contributed by atoms with E-state index in [1.807, 2.05) is 55.8 Å². The van der Waals surface area contributed by atoms with Crippen molar-refractivity contribution in [1.29, 1.82) is 0 Å². The lowest BCUT2D eigenvalue weighted by Crippen LogP contribution is -2.22. The van der Waals surface area contributed by atoms with Crippen LogP contribution in [0.5, 0.6) is 5.75 Å². The molecule has 4 heteroatoms. The van der Waals surface area contributed by atoms with Crippen LogP contribution in [0, 0.1) is 0 Å². The van der Waals surface area contributed by atoms with E-state index in [2.05, 4.69) is 4.98 Å². The fraction of sp³-hybridized carbons (Fsp3) is 0.400. The van der Waals surface area contributed by atoms with E-state index in [-0.39, 0.29) is 11.0 Å². The third-order valence-corrected chi connectivity index (χ3v) is 2.99. The van der Waals surface area contributed by atoms with Gasteiger partial charge in [0.1, 0.15) is 11.4 Å². The van der Waals surface area contributed by atoms with Gasteiger partial charge in [0.25, 0.3) is 0 Å². The van der Waals surface area contributed by atoms with Gasteiger partial charge in [-0.15, -0.1) is 11.6 Å². The molecular formula is C15H19ClN2O. The van der Waals surface area contributed by atoms with Gasteiger partial charge in [-0.3, -0.25) is 0 Å². The SMILES string of the molecule is CC(C)(C)Oc1ccc(C(Cl)Cn2ccnc2)cc1. The van der Waals surface area contributed by atoms with Crippen LogP contribution in [0.1, 0.15) is 31.7 Å². The van der Waals surface area contributed by atoms with E-state index in [0.29, 0.717) is 6.54 Å². The van der Waals surface area contributed by atoms with Crippen molar-refractivity contribution in [2.75, 3.05) is 0 Å². The summed E-state index contributed by atoms with van der Waals surface area (Å²) in [6, 6.07) is 7.94. The number of nitrogens with zero attached hydrogens (tertiary/aromatic N) is 2. The number of ether oxygens (including phenoxy) is 1. The number of benzene rings is 1. The maximum atomic E-state index is 6.39. The van der Waals surface area contributed by atoms with E-state index in [9.17, 15) is 0 Å². The molecule has 0 bridgehead atoms. The van der Waals surface area contributed by atoms with Crippen LogP contribution in [0.3, 0.4) is 0 Å². The summed E-state index contributed by atoms with van der Waals surface area (Å²) in [4.78, 5) is 4.01. The standard InChI is InChI=1S/C15H19ClN2O/c1-15(2,3)19-13-6-4-12(5-7-13)14(16)10-18-9-8-17-11-18/h4-9,11,14H,10H2,1-3H3. The number of aromatic nitrogens is 2. The Morgan fingerprint density at radius 1 is 1.26 bits per heavy atom. The molecule has 0 aliphatic carbocycles. The van der Waals surface area contributed by atoms with Gasteiger partial charge in [-0.25, -0.2) is 4.98 Å². The van der Waals surface area contributed by atoms with E-state index in [1.165, 1.54) is 0 Å². The number of rotatable bonds is 4. The summed E-state index contributed by atoms with van der Waals surface area (Å²) in [6.07, 6.45) is 5.43. The molecular weight excluding hydrogens is 260 g/mol. The molecule has 0 radical (unpaired) electrons. The van der Waals surface area contributed by atoms with Crippen molar-refractivity contribution in [3.05, 3.63) is 48.5 Å². The van der Waals surface area contributed by atoms with E-state index in [4.69, 9.17) is 16.3 Å². The number of alkyl halides is 1. The first-order chi connectivity index (χ1) is 8.94. The largest absolute Gasteiger partial charge is 0.488 e. The Kier molecular flexibility index (Phi) is 4.15. The summed E-state index contributed by atoms with van der Waals surface area (Å²) in [6.45, 7) is 6.81. The number of hydrogen-bond donors (Lipinski definition) is 0. The minimum atomic E-state index is -0.182. The van der Waals surface area contributed by atoms with Gasteiger partial charge >= 0.3 is 0 Å². The first-order valence-electron chi connectivity index (χ1n) is 6.33. The third-order valence-electron chi connectivity index (χ3n) is 2.60. The summed E-state index contributed by atoms with van der Waals surface area (Å²) < 4.78 is 7.75. The molecule has 102 valence electrons.